The summed E-state index contributed by atoms with van der Waals surface area (Å²) < 4.78 is 46.8. The molecule has 1 saturated carbocycles. The summed E-state index contributed by atoms with van der Waals surface area (Å²) in [4.78, 5) is 8.45. The molecule has 12 heteroatoms. The Labute approximate surface area is 234 Å². The van der Waals surface area contributed by atoms with Gasteiger partial charge in [0.1, 0.15) is 17.2 Å². The molecule has 4 aromatic rings. The first kappa shape index (κ1) is 28.9. The third-order valence-electron chi connectivity index (χ3n) is 6.04. The van der Waals surface area contributed by atoms with E-state index in [0.717, 1.165) is 12.8 Å². The lowest BCUT2D eigenvalue weighted by Crippen LogP contribution is -2.09. The predicted octanol–water partition coefficient (Wildman–Crippen LogP) is 7.17. The van der Waals surface area contributed by atoms with Crippen LogP contribution in [0.5, 0.6) is 0 Å². The molecule has 1 heterocycles. The van der Waals surface area contributed by atoms with Crippen molar-refractivity contribution in [3.05, 3.63) is 80.8 Å². The first-order chi connectivity index (χ1) is 18.1. The number of nitrogens with one attached hydrogen (secondary N) is 1. The molecule has 0 amide bonds. The van der Waals surface area contributed by atoms with Crippen molar-refractivity contribution in [2.45, 2.75) is 30.3 Å². The van der Waals surface area contributed by atoms with Gasteiger partial charge in [0, 0.05) is 26.8 Å². The highest BCUT2D eigenvalue weighted by molar-refractivity contribution is 7.85. The minimum atomic E-state index is -3.17. The molecule has 0 bridgehead atoms. The lowest BCUT2D eigenvalue weighted by molar-refractivity contribution is -0.0728. The number of H-pyrrole nitrogens is 1. The third-order valence-corrected chi connectivity index (χ3v) is 8.58. The maximum atomic E-state index is 14.4. The first-order valence-electron chi connectivity index (χ1n) is 11.5. The molecule has 5 nitrogen and oxygen atoms in total. The van der Waals surface area contributed by atoms with Crippen LogP contribution in [0.3, 0.4) is 0 Å². The number of imidazole rings is 1. The van der Waals surface area contributed by atoms with Crippen molar-refractivity contribution >= 4 is 56.6 Å². The van der Waals surface area contributed by atoms with Crippen LogP contribution in [0.25, 0.3) is 22.2 Å². The molecule has 1 aromatic heterocycles. The van der Waals surface area contributed by atoms with Crippen LogP contribution in [0, 0.1) is 11.7 Å². The monoisotopic (exact) mass is 604 g/mol. The zero-order chi connectivity index (χ0) is 27.6. The number of aliphatic hydroxyl groups excluding tert-OH is 2. The fourth-order valence-corrected chi connectivity index (χ4v) is 6.54. The van der Waals surface area contributed by atoms with E-state index >= 15 is 0 Å². The summed E-state index contributed by atoms with van der Waals surface area (Å²) in [7, 11) is -1.10. The second-order valence-electron chi connectivity index (χ2n) is 8.70. The van der Waals surface area contributed by atoms with Crippen LogP contribution in [0.15, 0.2) is 53.4 Å². The predicted molar refractivity (Wildman–Crippen MR) is 144 cm³/mol. The number of aromatic amines is 1. The van der Waals surface area contributed by atoms with E-state index in [2.05, 4.69) is 9.97 Å². The van der Waals surface area contributed by atoms with Crippen molar-refractivity contribution in [1.82, 2.24) is 9.97 Å². The minimum Gasteiger partial charge on any atom is -0.395 e. The Kier molecular flexibility index (Phi) is 9.39. The molecule has 0 spiro atoms. The van der Waals surface area contributed by atoms with Gasteiger partial charge in [0.05, 0.1) is 38.9 Å². The molecular formula is C26H22Cl3F3N2O3S. The van der Waals surface area contributed by atoms with Crippen LogP contribution in [0.2, 0.25) is 15.1 Å². The summed E-state index contributed by atoms with van der Waals surface area (Å²) >= 11 is 19.7. The van der Waals surface area contributed by atoms with Crippen LogP contribution in [-0.2, 0) is 10.8 Å². The SMILES string of the molecule is O=S(CC1CC1)c1ccc(C(CO)c2nc3c(Cl)c(-c4ccccc4F)c(Cl)cc3[nH]2)c(Cl)c1.OC(F)F. The molecule has 3 aromatic carbocycles. The number of halogens is 6. The second-order valence-corrected chi connectivity index (χ2v) is 11.4. The smallest absolute Gasteiger partial charge is 0.342 e. The van der Waals surface area contributed by atoms with Crippen LogP contribution in [0.4, 0.5) is 13.2 Å². The molecule has 202 valence electrons. The number of hydrogen-bond donors (Lipinski definition) is 3. The van der Waals surface area contributed by atoms with Crippen molar-refractivity contribution in [1.29, 1.82) is 0 Å². The first-order valence-corrected chi connectivity index (χ1v) is 13.9. The molecule has 0 aliphatic heterocycles. The fourth-order valence-electron chi connectivity index (χ4n) is 4.03. The van der Waals surface area contributed by atoms with E-state index in [0.29, 0.717) is 49.6 Å². The zero-order valence-electron chi connectivity index (χ0n) is 19.6. The van der Waals surface area contributed by atoms with Crippen LogP contribution >= 0.6 is 34.8 Å². The lowest BCUT2D eigenvalue weighted by Gasteiger charge is -2.15. The molecule has 1 aliphatic carbocycles. The Morgan fingerprint density at radius 1 is 1.08 bits per heavy atom. The van der Waals surface area contributed by atoms with Crippen LogP contribution in [0.1, 0.15) is 30.1 Å². The molecule has 0 radical (unpaired) electrons. The van der Waals surface area contributed by atoms with Gasteiger partial charge in [0.25, 0.3) is 0 Å². The molecule has 38 heavy (non-hydrogen) atoms. The number of fused-ring (bicyclic) bond motifs is 1. The summed E-state index contributed by atoms with van der Waals surface area (Å²) in [5.74, 6) is 0.602. The number of hydrogen-bond acceptors (Lipinski definition) is 4. The second kappa shape index (κ2) is 12.4. The topological polar surface area (TPSA) is 86.2 Å². The summed E-state index contributed by atoms with van der Waals surface area (Å²) in [5.41, 5.74) is 2.25. The molecule has 1 aliphatic rings. The van der Waals surface area contributed by atoms with Crippen LogP contribution in [-0.4, -0.2) is 43.4 Å². The third kappa shape index (κ3) is 6.52. The van der Waals surface area contributed by atoms with Crippen molar-refractivity contribution in [2.24, 2.45) is 5.92 Å². The van der Waals surface area contributed by atoms with E-state index in [-0.39, 0.29) is 22.2 Å². The zero-order valence-corrected chi connectivity index (χ0v) is 22.7. The van der Waals surface area contributed by atoms with Crippen molar-refractivity contribution in [3.8, 4) is 11.1 Å². The van der Waals surface area contributed by atoms with Gasteiger partial charge in [0.15, 0.2) is 0 Å². The molecule has 0 saturated heterocycles. The van der Waals surface area contributed by atoms with Crippen molar-refractivity contribution in [3.63, 3.8) is 0 Å². The molecule has 2 atom stereocenters. The average molecular weight is 606 g/mol. The summed E-state index contributed by atoms with van der Waals surface area (Å²) in [6.45, 7) is -3.43. The van der Waals surface area contributed by atoms with E-state index in [1.165, 1.54) is 6.07 Å². The van der Waals surface area contributed by atoms with Crippen molar-refractivity contribution in [2.75, 3.05) is 12.4 Å². The highest BCUT2D eigenvalue weighted by atomic mass is 35.5. The lowest BCUT2D eigenvalue weighted by atomic mass is 9.99. The highest BCUT2D eigenvalue weighted by Gasteiger charge is 2.26. The number of alkyl halides is 2. The minimum absolute atomic E-state index is 0.212. The van der Waals surface area contributed by atoms with E-state index in [9.17, 15) is 22.5 Å². The van der Waals surface area contributed by atoms with Crippen molar-refractivity contribution < 1.29 is 27.6 Å². The maximum Gasteiger partial charge on any atom is 0.342 e. The van der Waals surface area contributed by atoms with Gasteiger partial charge in [-0.1, -0.05) is 59.1 Å². The standard InChI is InChI=1S/C25H20Cl3FN2O2S.CH2F2O/c26-18-9-14(34(33)12-13-5-6-13)7-8-15(18)17(11-32)25-30-21-10-19(27)22(23(28)24(21)31-25)16-3-1-2-4-20(16)29;2-1(3)4/h1-4,7-10,13,17,32H,5-6,11-12H2,(H,30,31);1,4H. The normalized spacial score (nSPS) is 14.9. The van der Waals surface area contributed by atoms with Gasteiger partial charge in [-0.25, -0.2) is 9.37 Å². The van der Waals surface area contributed by atoms with Crippen LogP contribution < -0.4 is 0 Å². The Morgan fingerprint density at radius 3 is 2.37 bits per heavy atom. The maximum absolute atomic E-state index is 14.4. The molecule has 2 unspecified atom stereocenters. The van der Waals surface area contributed by atoms with Gasteiger partial charge in [-0.15, -0.1) is 0 Å². The van der Waals surface area contributed by atoms with Gasteiger partial charge in [-0.2, -0.15) is 8.78 Å². The van der Waals surface area contributed by atoms with E-state index in [1.807, 2.05) is 0 Å². The van der Waals surface area contributed by atoms with Gasteiger partial charge in [-0.05, 0) is 48.6 Å². The highest BCUT2D eigenvalue weighted by Crippen LogP contribution is 2.41. The Bertz CT molecular complexity index is 1480. The summed E-state index contributed by atoms with van der Waals surface area (Å²) in [5, 5.41) is 17.8. The number of aromatic nitrogens is 2. The van der Waals surface area contributed by atoms with Gasteiger partial charge in [-0.3, -0.25) is 4.21 Å². The van der Waals surface area contributed by atoms with E-state index in [4.69, 9.17) is 39.9 Å². The van der Waals surface area contributed by atoms with Gasteiger partial charge < -0.3 is 15.2 Å². The number of aliphatic hydroxyl groups is 2. The van der Waals surface area contributed by atoms with E-state index in [1.54, 1.807) is 42.5 Å². The molecular weight excluding hydrogens is 584 g/mol. The number of rotatable bonds is 7. The summed E-state index contributed by atoms with van der Waals surface area (Å²) in [6, 6.07) is 13.1. The Balaban J connectivity index is 0.000000786. The summed E-state index contributed by atoms with van der Waals surface area (Å²) in [6.07, 6.45) is 2.25. The molecule has 1 fully saturated rings. The number of benzene rings is 3. The van der Waals surface area contributed by atoms with Gasteiger partial charge in [0.2, 0.25) is 0 Å². The quantitative estimate of drug-likeness (QED) is 0.208. The van der Waals surface area contributed by atoms with Gasteiger partial charge >= 0.3 is 6.61 Å². The Hall–Kier alpha value is -2.14. The molecule has 3 N–H and O–H groups in total. The van der Waals surface area contributed by atoms with E-state index < -0.39 is 29.1 Å². The molecule has 5 rings (SSSR count). The number of nitrogens with zero attached hydrogens (tertiary/aromatic N) is 1. The fraction of sp³-hybridized carbons (Fsp3) is 0.269. The average Bonchev–Trinajstić information content (AvgIpc) is 3.57. The Morgan fingerprint density at radius 2 is 1.76 bits per heavy atom. The largest absolute Gasteiger partial charge is 0.395 e.